The molecule has 0 saturated heterocycles. The number of aryl methyl sites for hydroxylation is 1. The van der Waals surface area contributed by atoms with Crippen molar-refractivity contribution in [3.63, 3.8) is 0 Å². The Bertz CT molecular complexity index is 586. The lowest BCUT2D eigenvalue weighted by Gasteiger charge is -2.22. The second-order valence-electron chi connectivity index (χ2n) is 6.06. The highest BCUT2D eigenvalue weighted by Gasteiger charge is 2.30. The molecule has 1 aliphatic carbocycles. The van der Waals surface area contributed by atoms with Gasteiger partial charge in [-0.2, -0.15) is 4.98 Å². The van der Waals surface area contributed by atoms with E-state index in [4.69, 9.17) is 4.52 Å². The first-order valence-corrected chi connectivity index (χ1v) is 7.79. The number of nitrogens with zero attached hydrogens (tertiary/aromatic N) is 3. The summed E-state index contributed by atoms with van der Waals surface area (Å²) in [5.41, 5.74) is 2.33. The third-order valence-corrected chi connectivity index (χ3v) is 4.47. The van der Waals surface area contributed by atoms with E-state index in [1.807, 2.05) is 0 Å². The fourth-order valence-electron chi connectivity index (χ4n) is 2.62. The maximum atomic E-state index is 5.39. The van der Waals surface area contributed by atoms with E-state index < -0.39 is 0 Å². The predicted octanol–water partition coefficient (Wildman–Crippen LogP) is 3.53. The molecule has 1 heterocycles. The topological polar surface area (TPSA) is 42.2 Å². The standard InChI is InChI=1S/C17H23N3O/c1-4-13-5-7-15(8-6-13)17-18-16(21-19-17)11-20(3)12(2)14-9-10-14/h5-8,12,14H,4,9-11H2,1-3H3. The van der Waals surface area contributed by atoms with Crippen molar-refractivity contribution in [2.24, 2.45) is 5.92 Å². The molecule has 112 valence electrons. The summed E-state index contributed by atoms with van der Waals surface area (Å²) in [5.74, 6) is 2.22. The first kappa shape index (κ1) is 14.3. The molecule has 0 bridgehead atoms. The van der Waals surface area contributed by atoms with Crippen LogP contribution in [-0.4, -0.2) is 28.1 Å². The van der Waals surface area contributed by atoms with Crippen LogP contribution < -0.4 is 0 Å². The Morgan fingerprint density at radius 1 is 1.29 bits per heavy atom. The Kier molecular flexibility index (Phi) is 4.06. The van der Waals surface area contributed by atoms with Gasteiger partial charge < -0.3 is 4.52 Å². The predicted molar refractivity (Wildman–Crippen MR) is 82.8 cm³/mol. The molecule has 2 aromatic rings. The average molecular weight is 285 g/mol. The molecule has 3 rings (SSSR count). The van der Waals surface area contributed by atoms with Crippen molar-refractivity contribution in [3.05, 3.63) is 35.7 Å². The highest BCUT2D eigenvalue weighted by Crippen LogP contribution is 2.35. The minimum Gasteiger partial charge on any atom is -0.338 e. The Morgan fingerprint density at radius 3 is 2.62 bits per heavy atom. The molecule has 1 atom stereocenters. The maximum absolute atomic E-state index is 5.39. The molecule has 0 spiro atoms. The van der Waals surface area contributed by atoms with E-state index in [0.717, 1.165) is 24.4 Å². The van der Waals surface area contributed by atoms with Gasteiger partial charge in [0, 0.05) is 11.6 Å². The second-order valence-corrected chi connectivity index (χ2v) is 6.06. The van der Waals surface area contributed by atoms with Crippen molar-refractivity contribution in [2.45, 2.75) is 45.7 Å². The summed E-state index contributed by atoms with van der Waals surface area (Å²) in [6, 6.07) is 8.94. The Labute approximate surface area is 126 Å². The Balaban J connectivity index is 1.67. The van der Waals surface area contributed by atoms with Gasteiger partial charge in [-0.25, -0.2) is 0 Å². The fourth-order valence-corrected chi connectivity index (χ4v) is 2.62. The van der Waals surface area contributed by atoms with E-state index in [1.165, 1.54) is 18.4 Å². The zero-order chi connectivity index (χ0) is 14.8. The minimum absolute atomic E-state index is 0.587. The molecule has 1 aliphatic rings. The number of benzene rings is 1. The summed E-state index contributed by atoms with van der Waals surface area (Å²) in [6.07, 6.45) is 3.75. The van der Waals surface area contributed by atoms with Crippen LogP contribution >= 0.6 is 0 Å². The van der Waals surface area contributed by atoms with Gasteiger partial charge in [0.05, 0.1) is 6.54 Å². The summed E-state index contributed by atoms with van der Waals surface area (Å²) in [5, 5.41) is 4.10. The van der Waals surface area contributed by atoms with E-state index >= 15 is 0 Å². The minimum atomic E-state index is 0.587. The van der Waals surface area contributed by atoms with Gasteiger partial charge in [0.15, 0.2) is 0 Å². The number of hydrogen-bond acceptors (Lipinski definition) is 4. The lowest BCUT2D eigenvalue weighted by atomic mass is 10.1. The molecule has 1 saturated carbocycles. The summed E-state index contributed by atoms with van der Waals surface area (Å²) < 4.78 is 5.39. The van der Waals surface area contributed by atoms with E-state index in [0.29, 0.717) is 17.8 Å². The molecule has 4 heteroatoms. The van der Waals surface area contributed by atoms with Gasteiger partial charge in [0.1, 0.15) is 0 Å². The van der Waals surface area contributed by atoms with E-state index in [2.05, 4.69) is 60.2 Å². The Hall–Kier alpha value is -1.68. The zero-order valence-electron chi connectivity index (χ0n) is 13.0. The molecule has 4 nitrogen and oxygen atoms in total. The van der Waals surface area contributed by atoms with Crippen LogP contribution in [0.25, 0.3) is 11.4 Å². The monoisotopic (exact) mass is 285 g/mol. The molecule has 0 radical (unpaired) electrons. The third-order valence-electron chi connectivity index (χ3n) is 4.47. The molecule has 1 unspecified atom stereocenters. The van der Waals surface area contributed by atoms with Crippen LogP contribution in [-0.2, 0) is 13.0 Å². The van der Waals surface area contributed by atoms with Gasteiger partial charge in [-0.15, -0.1) is 0 Å². The van der Waals surface area contributed by atoms with Crippen molar-refractivity contribution in [1.29, 1.82) is 0 Å². The number of aromatic nitrogens is 2. The van der Waals surface area contributed by atoms with Gasteiger partial charge in [0.2, 0.25) is 11.7 Å². The van der Waals surface area contributed by atoms with E-state index in [-0.39, 0.29) is 0 Å². The van der Waals surface area contributed by atoms with E-state index in [1.54, 1.807) is 0 Å². The molecule has 1 fully saturated rings. The third kappa shape index (κ3) is 3.32. The van der Waals surface area contributed by atoms with Crippen LogP contribution in [0.4, 0.5) is 0 Å². The lowest BCUT2D eigenvalue weighted by Crippen LogP contribution is -2.30. The quantitative estimate of drug-likeness (QED) is 0.814. The van der Waals surface area contributed by atoms with Gasteiger partial charge in [-0.1, -0.05) is 36.3 Å². The lowest BCUT2D eigenvalue weighted by molar-refractivity contribution is 0.197. The molecule has 21 heavy (non-hydrogen) atoms. The molecule has 0 N–H and O–H groups in total. The highest BCUT2D eigenvalue weighted by molar-refractivity contribution is 5.54. The summed E-state index contributed by atoms with van der Waals surface area (Å²) in [4.78, 5) is 6.82. The highest BCUT2D eigenvalue weighted by atomic mass is 16.5. The molecule has 0 aliphatic heterocycles. The Morgan fingerprint density at radius 2 is 2.00 bits per heavy atom. The number of hydrogen-bond donors (Lipinski definition) is 0. The fraction of sp³-hybridized carbons (Fsp3) is 0.529. The van der Waals surface area contributed by atoms with Gasteiger partial charge >= 0.3 is 0 Å². The average Bonchev–Trinajstić information content (AvgIpc) is 3.26. The summed E-state index contributed by atoms with van der Waals surface area (Å²) >= 11 is 0. The van der Waals surface area contributed by atoms with Crippen LogP contribution in [0.5, 0.6) is 0 Å². The number of rotatable bonds is 6. The van der Waals surface area contributed by atoms with Crippen molar-refractivity contribution in [2.75, 3.05) is 7.05 Å². The van der Waals surface area contributed by atoms with E-state index in [9.17, 15) is 0 Å². The molecule has 1 aromatic heterocycles. The van der Waals surface area contributed by atoms with Crippen LogP contribution in [0.3, 0.4) is 0 Å². The van der Waals surface area contributed by atoms with Gasteiger partial charge in [-0.3, -0.25) is 4.90 Å². The molecule has 0 amide bonds. The van der Waals surface area contributed by atoms with Crippen molar-refractivity contribution in [1.82, 2.24) is 15.0 Å². The normalized spacial score (nSPS) is 16.4. The largest absolute Gasteiger partial charge is 0.338 e. The first-order valence-electron chi connectivity index (χ1n) is 7.79. The van der Waals surface area contributed by atoms with Crippen molar-refractivity contribution < 1.29 is 4.52 Å². The summed E-state index contributed by atoms with van der Waals surface area (Å²) in [7, 11) is 2.13. The maximum Gasteiger partial charge on any atom is 0.241 e. The van der Waals surface area contributed by atoms with Gasteiger partial charge in [-0.05, 0) is 44.7 Å². The van der Waals surface area contributed by atoms with Crippen LogP contribution in [0.1, 0.15) is 38.1 Å². The second kappa shape index (κ2) is 5.98. The van der Waals surface area contributed by atoms with Crippen LogP contribution in [0.15, 0.2) is 28.8 Å². The first-order chi connectivity index (χ1) is 10.2. The zero-order valence-corrected chi connectivity index (χ0v) is 13.0. The molecular formula is C17H23N3O. The van der Waals surface area contributed by atoms with Crippen LogP contribution in [0.2, 0.25) is 0 Å². The molecule has 1 aromatic carbocycles. The summed E-state index contributed by atoms with van der Waals surface area (Å²) in [6.45, 7) is 5.15. The molecular weight excluding hydrogens is 262 g/mol. The van der Waals surface area contributed by atoms with Gasteiger partial charge in [0.25, 0.3) is 0 Å². The smallest absolute Gasteiger partial charge is 0.241 e. The SMILES string of the molecule is CCc1ccc(-c2noc(CN(C)C(C)C3CC3)n2)cc1. The van der Waals surface area contributed by atoms with Crippen molar-refractivity contribution in [3.8, 4) is 11.4 Å². The van der Waals surface area contributed by atoms with Crippen LogP contribution in [0, 0.1) is 5.92 Å². The van der Waals surface area contributed by atoms with Crippen molar-refractivity contribution >= 4 is 0 Å².